The van der Waals surface area contributed by atoms with Crippen LogP contribution < -0.4 is 5.32 Å². The maximum atomic E-state index is 9.33. The Labute approximate surface area is 139 Å². The molecule has 3 aromatic rings. The number of H-pyrrole nitrogens is 1. The van der Waals surface area contributed by atoms with Crippen molar-refractivity contribution in [2.24, 2.45) is 5.41 Å². The van der Waals surface area contributed by atoms with Crippen molar-refractivity contribution in [3.63, 3.8) is 0 Å². The molecule has 0 radical (unpaired) electrons. The molecule has 3 aromatic heterocycles. The van der Waals surface area contributed by atoms with Gasteiger partial charge in [-0.05, 0) is 12.1 Å². The molecule has 0 aliphatic carbocycles. The van der Waals surface area contributed by atoms with E-state index in [9.17, 15) is 5.11 Å². The molecule has 3 rings (SSSR count). The van der Waals surface area contributed by atoms with E-state index in [1.807, 2.05) is 32.2 Å². The second kappa shape index (κ2) is 6.14. The van der Waals surface area contributed by atoms with E-state index in [0.29, 0.717) is 23.3 Å². The number of fused-ring (bicyclic) bond motifs is 1. The molecule has 0 atom stereocenters. The van der Waals surface area contributed by atoms with Crippen molar-refractivity contribution < 1.29 is 5.11 Å². The highest BCUT2D eigenvalue weighted by Crippen LogP contribution is 2.28. The lowest BCUT2D eigenvalue weighted by Crippen LogP contribution is -2.27. The molecule has 0 saturated carbocycles. The van der Waals surface area contributed by atoms with Crippen LogP contribution in [0.3, 0.4) is 0 Å². The number of anilines is 1. The van der Waals surface area contributed by atoms with E-state index in [0.717, 1.165) is 16.6 Å². The zero-order chi connectivity index (χ0) is 16.4. The molecule has 7 heteroatoms. The molecule has 0 bridgehead atoms. The Hall–Kier alpha value is -2.18. The van der Waals surface area contributed by atoms with E-state index in [1.54, 1.807) is 12.3 Å². The monoisotopic (exact) mass is 331 g/mol. The molecule has 120 valence electrons. The number of aromatic nitrogens is 4. The molecular formula is C16H18ClN5O. The average molecular weight is 332 g/mol. The van der Waals surface area contributed by atoms with Crippen LogP contribution in [0.2, 0.25) is 5.15 Å². The molecule has 0 aliphatic heterocycles. The van der Waals surface area contributed by atoms with Gasteiger partial charge in [-0.1, -0.05) is 25.4 Å². The first-order chi connectivity index (χ1) is 11.0. The van der Waals surface area contributed by atoms with Crippen molar-refractivity contribution >= 4 is 28.6 Å². The van der Waals surface area contributed by atoms with Crippen LogP contribution in [0.25, 0.3) is 22.3 Å². The number of hydrogen-bond donors (Lipinski definition) is 3. The number of hydrogen-bond acceptors (Lipinski definition) is 5. The van der Waals surface area contributed by atoms with Crippen LogP contribution in [0.4, 0.5) is 5.95 Å². The fourth-order valence-electron chi connectivity index (χ4n) is 2.18. The fourth-order valence-corrected chi connectivity index (χ4v) is 2.36. The van der Waals surface area contributed by atoms with Gasteiger partial charge in [0.2, 0.25) is 5.95 Å². The standard InChI is InChI=1S/C16H18ClN5O/c1-16(2,9-23)8-20-15-21-12(6-13(17)22-15)11-7-19-14-10(11)4-3-5-18-14/h3-7,23H,8-9H2,1-2H3,(H,18,19)(H,20,21,22). The molecule has 6 nitrogen and oxygen atoms in total. The molecule has 3 heterocycles. The minimum Gasteiger partial charge on any atom is -0.396 e. The minimum atomic E-state index is -0.267. The highest BCUT2D eigenvalue weighted by Gasteiger charge is 2.17. The van der Waals surface area contributed by atoms with Gasteiger partial charge in [-0.25, -0.2) is 15.0 Å². The summed E-state index contributed by atoms with van der Waals surface area (Å²) in [7, 11) is 0. The highest BCUT2D eigenvalue weighted by molar-refractivity contribution is 6.29. The molecule has 0 spiro atoms. The average Bonchev–Trinajstić information content (AvgIpc) is 2.97. The predicted octanol–water partition coefficient (Wildman–Crippen LogP) is 3.10. The van der Waals surface area contributed by atoms with Gasteiger partial charge in [0.1, 0.15) is 10.8 Å². The van der Waals surface area contributed by atoms with Gasteiger partial charge in [-0.15, -0.1) is 0 Å². The fraction of sp³-hybridized carbons (Fsp3) is 0.312. The third kappa shape index (κ3) is 3.43. The first kappa shape index (κ1) is 15.7. The van der Waals surface area contributed by atoms with Gasteiger partial charge in [0.05, 0.1) is 5.69 Å². The van der Waals surface area contributed by atoms with Gasteiger partial charge in [0.15, 0.2) is 0 Å². The first-order valence-electron chi connectivity index (χ1n) is 7.30. The lowest BCUT2D eigenvalue weighted by Gasteiger charge is -2.21. The number of rotatable bonds is 5. The van der Waals surface area contributed by atoms with Crippen LogP contribution in [0.1, 0.15) is 13.8 Å². The van der Waals surface area contributed by atoms with Crippen LogP contribution in [0, 0.1) is 5.41 Å². The Kier molecular flexibility index (Phi) is 4.19. The summed E-state index contributed by atoms with van der Waals surface area (Å²) < 4.78 is 0. The summed E-state index contributed by atoms with van der Waals surface area (Å²) in [6.07, 6.45) is 3.59. The number of halogens is 1. The van der Waals surface area contributed by atoms with Crippen molar-refractivity contribution in [2.45, 2.75) is 13.8 Å². The summed E-state index contributed by atoms with van der Waals surface area (Å²) in [6.45, 7) is 4.52. The zero-order valence-corrected chi connectivity index (χ0v) is 13.7. The molecule has 0 aromatic carbocycles. The largest absolute Gasteiger partial charge is 0.396 e. The molecule has 0 saturated heterocycles. The van der Waals surface area contributed by atoms with Crippen LogP contribution in [-0.2, 0) is 0 Å². The van der Waals surface area contributed by atoms with Crippen molar-refractivity contribution in [1.29, 1.82) is 0 Å². The lowest BCUT2D eigenvalue weighted by atomic mass is 9.95. The molecular weight excluding hydrogens is 314 g/mol. The van der Waals surface area contributed by atoms with E-state index in [1.165, 1.54) is 0 Å². The Balaban J connectivity index is 1.94. The van der Waals surface area contributed by atoms with E-state index >= 15 is 0 Å². The minimum absolute atomic E-state index is 0.0710. The van der Waals surface area contributed by atoms with Crippen LogP contribution in [-0.4, -0.2) is 38.2 Å². The van der Waals surface area contributed by atoms with E-state index in [-0.39, 0.29) is 12.0 Å². The van der Waals surface area contributed by atoms with E-state index in [4.69, 9.17) is 11.6 Å². The predicted molar refractivity (Wildman–Crippen MR) is 91.5 cm³/mol. The summed E-state index contributed by atoms with van der Waals surface area (Å²) in [4.78, 5) is 16.1. The highest BCUT2D eigenvalue weighted by atomic mass is 35.5. The molecule has 23 heavy (non-hydrogen) atoms. The number of aliphatic hydroxyl groups is 1. The van der Waals surface area contributed by atoms with Crippen molar-refractivity contribution in [3.8, 4) is 11.3 Å². The zero-order valence-electron chi connectivity index (χ0n) is 13.0. The first-order valence-corrected chi connectivity index (χ1v) is 7.68. The van der Waals surface area contributed by atoms with Crippen LogP contribution in [0.5, 0.6) is 0 Å². The Bertz CT molecular complexity index is 830. The van der Waals surface area contributed by atoms with E-state index < -0.39 is 0 Å². The van der Waals surface area contributed by atoms with Gasteiger partial charge < -0.3 is 15.4 Å². The Morgan fingerprint density at radius 2 is 2.17 bits per heavy atom. The van der Waals surface area contributed by atoms with Crippen molar-refractivity contribution in [3.05, 3.63) is 35.7 Å². The van der Waals surface area contributed by atoms with E-state index in [2.05, 4.69) is 25.3 Å². The SMILES string of the molecule is CC(C)(CO)CNc1nc(Cl)cc(-c2c[nH]c3ncccc23)n1. The summed E-state index contributed by atoms with van der Waals surface area (Å²) in [5, 5.41) is 13.8. The molecule has 0 aliphatic rings. The van der Waals surface area contributed by atoms with Crippen molar-refractivity contribution in [1.82, 2.24) is 19.9 Å². The van der Waals surface area contributed by atoms with Gasteiger partial charge in [0.25, 0.3) is 0 Å². The summed E-state index contributed by atoms with van der Waals surface area (Å²) in [5.41, 5.74) is 2.17. The summed E-state index contributed by atoms with van der Waals surface area (Å²) >= 11 is 6.14. The second-order valence-corrected chi connectivity index (χ2v) is 6.56. The lowest BCUT2D eigenvalue weighted by molar-refractivity contribution is 0.170. The number of pyridine rings is 1. The van der Waals surface area contributed by atoms with Gasteiger partial charge in [-0.2, -0.15) is 0 Å². The van der Waals surface area contributed by atoms with Gasteiger partial charge in [0, 0.05) is 48.0 Å². The number of nitrogens with one attached hydrogen (secondary N) is 2. The summed E-state index contributed by atoms with van der Waals surface area (Å²) in [6, 6.07) is 5.58. The summed E-state index contributed by atoms with van der Waals surface area (Å²) in [5.74, 6) is 0.437. The molecule has 3 N–H and O–H groups in total. The third-order valence-corrected chi connectivity index (χ3v) is 3.77. The quantitative estimate of drug-likeness (QED) is 0.625. The number of aromatic amines is 1. The van der Waals surface area contributed by atoms with Gasteiger partial charge >= 0.3 is 0 Å². The van der Waals surface area contributed by atoms with Gasteiger partial charge in [-0.3, -0.25) is 0 Å². The third-order valence-electron chi connectivity index (χ3n) is 3.58. The Morgan fingerprint density at radius 3 is 2.96 bits per heavy atom. The van der Waals surface area contributed by atoms with Crippen molar-refractivity contribution in [2.75, 3.05) is 18.5 Å². The molecule has 0 amide bonds. The smallest absolute Gasteiger partial charge is 0.224 e. The molecule has 0 unspecified atom stereocenters. The normalized spacial score (nSPS) is 11.8. The maximum Gasteiger partial charge on any atom is 0.224 e. The topological polar surface area (TPSA) is 86.7 Å². The Morgan fingerprint density at radius 1 is 1.35 bits per heavy atom. The van der Waals surface area contributed by atoms with Crippen LogP contribution in [0.15, 0.2) is 30.6 Å². The number of aliphatic hydroxyl groups excluding tert-OH is 1. The maximum absolute atomic E-state index is 9.33. The number of nitrogens with zero attached hydrogens (tertiary/aromatic N) is 3. The molecule has 0 fully saturated rings. The van der Waals surface area contributed by atoms with Crippen LogP contribution >= 0.6 is 11.6 Å². The second-order valence-electron chi connectivity index (χ2n) is 6.18.